The molecule has 0 aromatic carbocycles. The number of aryl methyl sites for hydroxylation is 1. The van der Waals surface area contributed by atoms with Crippen molar-refractivity contribution in [2.45, 2.75) is 76.8 Å². The Morgan fingerprint density at radius 2 is 1.74 bits per heavy atom. The fourth-order valence-corrected chi connectivity index (χ4v) is 7.26. The van der Waals surface area contributed by atoms with E-state index in [1.165, 1.54) is 24.2 Å². The van der Waals surface area contributed by atoms with Crippen molar-refractivity contribution >= 4 is 39.2 Å². The highest BCUT2D eigenvalue weighted by Gasteiger charge is 2.46. The number of nitrogens with zero attached hydrogens (tertiary/aromatic N) is 5. The van der Waals surface area contributed by atoms with E-state index in [1.807, 2.05) is 11.8 Å². The van der Waals surface area contributed by atoms with E-state index in [-0.39, 0.29) is 11.8 Å². The summed E-state index contributed by atoms with van der Waals surface area (Å²) < 4.78 is 0. The van der Waals surface area contributed by atoms with Crippen molar-refractivity contribution in [3.63, 3.8) is 0 Å². The van der Waals surface area contributed by atoms with Gasteiger partial charge in [-0.2, -0.15) is 0 Å². The predicted molar refractivity (Wildman–Crippen MR) is 135 cm³/mol. The molecule has 0 saturated carbocycles. The first-order chi connectivity index (χ1) is 16.4. The second-order valence-electron chi connectivity index (χ2n) is 10.2. The number of nitrogens with two attached hydrogens (primary N) is 1. The molecule has 0 bridgehead atoms. The van der Waals surface area contributed by atoms with Gasteiger partial charge in [0.1, 0.15) is 22.5 Å². The van der Waals surface area contributed by atoms with Crippen LogP contribution < -0.4 is 10.6 Å². The third kappa shape index (κ3) is 3.96. The largest absolute Gasteiger partial charge is 0.368 e. The summed E-state index contributed by atoms with van der Waals surface area (Å²) >= 11 is 1.47. The number of likely N-dealkylation sites (tertiary alicyclic amines) is 2. The van der Waals surface area contributed by atoms with Crippen LogP contribution in [0.2, 0.25) is 0 Å². The molecule has 8 nitrogen and oxygen atoms in total. The first kappa shape index (κ1) is 23.5. The van der Waals surface area contributed by atoms with E-state index in [4.69, 9.17) is 5.73 Å². The summed E-state index contributed by atoms with van der Waals surface area (Å²) in [6, 6.07) is 0.434. The third-order valence-corrected chi connectivity index (χ3v) is 9.46. The first-order valence-electron chi connectivity index (χ1n) is 12.8. The van der Waals surface area contributed by atoms with E-state index in [9.17, 15) is 9.59 Å². The molecule has 1 unspecified atom stereocenters. The minimum absolute atomic E-state index is 0.0369. The fourth-order valence-electron chi connectivity index (χ4n) is 6.15. The van der Waals surface area contributed by atoms with Crippen molar-refractivity contribution in [2.24, 2.45) is 5.73 Å². The van der Waals surface area contributed by atoms with Gasteiger partial charge >= 0.3 is 0 Å². The lowest BCUT2D eigenvalue weighted by molar-refractivity contribution is -0.134. The number of hydrogen-bond donors (Lipinski definition) is 1. The molecule has 0 spiro atoms. The zero-order valence-electron chi connectivity index (χ0n) is 20.4. The number of thiophene rings is 1. The average Bonchev–Trinajstić information content (AvgIpc) is 3.21. The summed E-state index contributed by atoms with van der Waals surface area (Å²) in [7, 11) is 0. The van der Waals surface area contributed by atoms with Gasteiger partial charge in [-0.1, -0.05) is 6.42 Å². The average molecular weight is 485 g/mol. The molecule has 0 radical (unpaired) electrons. The molecule has 0 aliphatic carbocycles. The summed E-state index contributed by atoms with van der Waals surface area (Å²) in [6.07, 6.45) is 9.84. The molecule has 9 heteroatoms. The van der Waals surface area contributed by atoms with E-state index in [2.05, 4.69) is 26.7 Å². The molecule has 5 rings (SSSR count). The number of amides is 2. The quantitative estimate of drug-likeness (QED) is 0.715. The number of piperidine rings is 3. The second kappa shape index (κ2) is 9.41. The van der Waals surface area contributed by atoms with Crippen molar-refractivity contribution in [3.8, 4) is 0 Å². The van der Waals surface area contributed by atoms with Gasteiger partial charge in [-0.05, 0) is 77.4 Å². The Morgan fingerprint density at radius 1 is 1.03 bits per heavy atom. The summed E-state index contributed by atoms with van der Waals surface area (Å²) in [4.78, 5) is 43.6. The predicted octanol–water partition coefficient (Wildman–Crippen LogP) is 3.32. The Kier molecular flexibility index (Phi) is 6.50. The fraction of sp³-hybridized carbons (Fsp3) is 0.680. The number of fused-ring (bicyclic) bond motifs is 1. The van der Waals surface area contributed by atoms with E-state index in [1.54, 1.807) is 6.33 Å². The van der Waals surface area contributed by atoms with E-state index < -0.39 is 5.54 Å². The summed E-state index contributed by atoms with van der Waals surface area (Å²) in [6.45, 7) is 8.21. The number of hydrogen-bond acceptors (Lipinski definition) is 7. The van der Waals surface area contributed by atoms with Crippen LogP contribution in [0.15, 0.2) is 6.33 Å². The zero-order valence-corrected chi connectivity index (χ0v) is 21.2. The number of anilines is 1. The molecule has 1 atom stereocenters. The molecule has 5 heterocycles. The highest BCUT2D eigenvalue weighted by atomic mass is 32.1. The molecule has 3 fully saturated rings. The molecule has 2 amide bonds. The minimum atomic E-state index is -0.616. The monoisotopic (exact) mass is 484 g/mol. The highest BCUT2D eigenvalue weighted by molar-refractivity contribution is 7.20. The SMILES string of the molecule is Cc1c(C(=O)N2CCC(C(N)=O)(N3CCCCC3)CC2)sc2ncnc(N3CCCCC3C)c12. The maximum absolute atomic E-state index is 13.6. The van der Waals surface area contributed by atoms with Gasteiger partial charge in [0.25, 0.3) is 5.91 Å². The number of carbonyl (C=O) groups is 2. The Balaban J connectivity index is 1.39. The van der Waals surface area contributed by atoms with Gasteiger partial charge in [-0.25, -0.2) is 9.97 Å². The van der Waals surface area contributed by atoms with Gasteiger partial charge in [0.2, 0.25) is 5.91 Å². The molecule has 3 aliphatic heterocycles. The van der Waals surface area contributed by atoms with E-state index in [0.29, 0.717) is 32.0 Å². The number of aromatic nitrogens is 2. The van der Waals surface area contributed by atoms with Crippen molar-refractivity contribution in [3.05, 3.63) is 16.8 Å². The number of primary amides is 1. The summed E-state index contributed by atoms with van der Waals surface area (Å²) in [5.74, 6) is 0.756. The van der Waals surface area contributed by atoms with Gasteiger partial charge in [0.15, 0.2) is 0 Å². The Hall–Kier alpha value is -2.26. The van der Waals surface area contributed by atoms with Crippen molar-refractivity contribution in [2.75, 3.05) is 37.6 Å². The van der Waals surface area contributed by atoms with Crippen LogP contribution in [0.4, 0.5) is 5.82 Å². The molecule has 184 valence electrons. The third-order valence-electron chi connectivity index (χ3n) is 8.27. The Bertz CT molecular complexity index is 1070. The molecule has 34 heavy (non-hydrogen) atoms. The smallest absolute Gasteiger partial charge is 0.264 e. The molecule has 2 aromatic heterocycles. The van der Waals surface area contributed by atoms with Crippen LogP contribution >= 0.6 is 11.3 Å². The molecule has 2 aromatic rings. The van der Waals surface area contributed by atoms with Gasteiger partial charge in [0, 0.05) is 25.7 Å². The maximum atomic E-state index is 13.6. The Morgan fingerprint density at radius 3 is 2.41 bits per heavy atom. The lowest BCUT2D eigenvalue weighted by atomic mass is 9.83. The van der Waals surface area contributed by atoms with Crippen LogP contribution in [0.3, 0.4) is 0 Å². The maximum Gasteiger partial charge on any atom is 0.264 e. The standard InChI is InChI=1S/C25H36N6O2S/c1-17-8-4-7-13-31(17)21-19-18(2)20(34-22(19)28-16-27-21)23(32)29-14-9-25(10-15-29,24(26)33)30-11-5-3-6-12-30/h16-17H,3-15H2,1-2H3,(H2,26,33). The zero-order chi connectivity index (χ0) is 23.9. The lowest BCUT2D eigenvalue weighted by Crippen LogP contribution is -2.63. The van der Waals surface area contributed by atoms with Crippen molar-refractivity contribution < 1.29 is 9.59 Å². The van der Waals surface area contributed by atoms with Crippen molar-refractivity contribution in [1.29, 1.82) is 0 Å². The topological polar surface area (TPSA) is 95.7 Å². The second-order valence-corrected chi connectivity index (χ2v) is 11.2. The van der Waals surface area contributed by atoms with Gasteiger partial charge in [0.05, 0.1) is 10.3 Å². The molecule has 2 N–H and O–H groups in total. The van der Waals surface area contributed by atoms with Crippen LogP contribution in [-0.2, 0) is 4.79 Å². The van der Waals surface area contributed by atoms with Gasteiger partial charge in [-0.15, -0.1) is 11.3 Å². The molecular formula is C25H36N6O2S. The molecule has 3 saturated heterocycles. The minimum Gasteiger partial charge on any atom is -0.368 e. The first-order valence-corrected chi connectivity index (χ1v) is 13.6. The lowest BCUT2D eigenvalue weighted by Gasteiger charge is -2.48. The number of rotatable bonds is 4. The van der Waals surface area contributed by atoms with E-state index in [0.717, 1.165) is 71.8 Å². The number of carbonyl (C=O) groups excluding carboxylic acids is 2. The van der Waals surface area contributed by atoms with Gasteiger partial charge < -0.3 is 15.5 Å². The van der Waals surface area contributed by atoms with Crippen LogP contribution in [0.25, 0.3) is 10.2 Å². The van der Waals surface area contributed by atoms with Crippen molar-refractivity contribution in [1.82, 2.24) is 19.8 Å². The van der Waals surface area contributed by atoms with Crippen LogP contribution in [0.5, 0.6) is 0 Å². The van der Waals surface area contributed by atoms with Crippen LogP contribution in [0, 0.1) is 6.92 Å². The normalized spacial score (nSPS) is 23.9. The molecular weight excluding hydrogens is 448 g/mol. The Labute approximate surface area is 205 Å². The molecule has 3 aliphatic rings. The summed E-state index contributed by atoms with van der Waals surface area (Å²) in [5.41, 5.74) is 6.30. The van der Waals surface area contributed by atoms with Crippen LogP contribution in [-0.4, -0.2) is 75.9 Å². The summed E-state index contributed by atoms with van der Waals surface area (Å²) in [5, 5.41) is 1.02. The van der Waals surface area contributed by atoms with E-state index >= 15 is 0 Å². The highest BCUT2D eigenvalue weighted by Crippen LogP contribution is 2.38. The van der Waals surface area contributed by atoms with Gasteiger partial charge in [-0.3, -0.25) is 14.5 Å². The van der Waals surface area contributed by atoms with Crippen LogP contribution in [0.1, 0.15) is 73.5 Å².